The highest BCUT2D eigenvalue weighted by molar-refractivity contribution is 5.82. The number of nitrogens with zero attached hydrogens (tertiary/aromatic N) is 2. The molecule has 1 aromatic rings. The predicted octanol–water partition coefficient (Wildman–Crippen LogP) is 0.328. The number of piperazine rings is 1. The first-order valence-electron chi connectivity index (χ1n) is 8.22. The molecule has 1 N–H and O–H groups in total. The number of hydrogen-bond donors (Lipinski definition) is 1. The zero-order chi connectivity index (χ0) is 16.1. The van der Waals surface area contributed by atoms with Gasteiger partial charge in [0.25, 0.3) is 0 Å². The molecular formula is C17H25N3O3. The average molecular weight is 319 g/mol. The van der Waals surface area contributed by atoms with Crippen molar-refractivity contribution in [1.82, 2.24) is 15.1 Å². The summed E-state index contributed by atoms with van der Waals surface area (Å²) in [4.78, 5) is 16.8. The summed E-state index contributed by atoms with van der Waals surface area (Å²) in [5.74, 6) is 1.09. The molecule has 0 aromatic heterocycles. The van der Waals surface area contributed by atoms with Crippen molar-refractivity contribution in [3.63, 3.8) is 0 Å². The number of benzene rings is 1. The SMILES string of the molecule is COc1ccccc1CN1CCN(C(=O)C2COCCN2)CC1. The van der Waals surface area contributed by atoms with Gasteiger partial charge in [-0.2, -0.15) is 0 Å². The lowest BCUT2D eigenvalue weighted by molar-refractivity contribution is -0.138. The molecule has 0 bridgehead atoms. The Labute approximate surface area is 137 Å². The molecule has 3 rings (SSSR count). The van der Waals surface area contributed by atoms with E-state index in [-0.39, 0.29) is 11.9 Å². The van der Waals surface area contributed by atoms with Gasteiger partial charge in [0.1, 0.15) is 11.8 Å². The zero-order valence-electron chi connectivity index (χ0n) is 13.7. The van der Waals surface area contributed by atoms with Crippen LogP contribution in [0, 0.1) is 0 Å². The van der Waals surface area contributed by atoms with E-state index in [1.165, 1.54) is 5.56 Å². The fourth-order valence-electron chi connectivity index (χ4n) is 3.15. The molecule has 1 atom stereocenters. The van der Waals surface area contributed by atoms with Crippen LogP contribution in [-0.2, 0) is 16.1 Å². The zero-order valence-corrected chi connectivity index (χ0v) is 13.7. The highest BCUT2D eigenvalue weighted by atomic mass is 16.5. The third-order valence-corrected chi connectivity index (χ3v) is 4.49. The largest absolute Gasteiger partial charge is 0.496 e. The minimum Gasteiger partial charge on any atom is -0.496 e. The molecule has 2 fully saturated rings. The Morgan fingerprint density at radius 3 is 2.78 bits per heavy atom. The summed E-state index contributed by atoms with van der Waals surface area (Å²) in [5.41, 5.74) is 1.19. The smallest absolute Gasteiger partial charge is 0.242 e. The molecule has 23 heavy (non-hydrogen) atoms. The topological polar surface area (TPSA) is 54.0 Å². The summed E-state index contributed by atoms with van der Waals surface area (Å²) in [5, 5.41) is 3.24. The van der Waals surface area contributed by atoms with E-state index < -0.39 is 0 Å². The monoisotopic (exact) mass is 319 g/mol. The molecule has 0 spiro atoms. The molecule has 0 aliphatic carbocycles. The first kappa shape index (κ1) is 16.2. The number of amides is 1. The highest BCUT2D eigenvalue weighted by Gasteiger charge is 2.28. The maximum absolute atomic E-state index is 12.5. The number of para-hydroxylation sites is 1. The molecule has 1 unspecified atom stereocenters. The van der Waals surface area contributed by atoms with Gasteiger partial charge in [-0.1, -0.05) is 18.2 Å². The summed E-state index contributed by atoms with van der Waals surface area (Å²) in [6, 6.07) is 7.93. The van der Waals surface area contributed by atoms with Gasteiger partial charge in [-0.25, -0.2) is 0 Å². The Morgan fingerprint density at radius 1 is 1.30 bits per heavy atom. The summed E-state index contributed by atoms with van der Waals surface area (Å²) in [6.45, 7) is 6.10. The summed E-state index contributed by atoms with van der Waals surface area (Å²) < 4.78 is 10.8. The minimum atomic E-state index is -0.176. The molecule has 0 radical (unpaired) electrons. The van der Waals surface area contributed by atoms with Crippen molar-refractivity contribution in [1.29, 1.82) is 0 Å². The van der Waals surface area contributed by atoms with Crippen LogP contribution in [-0.4, -0.2) is 74.8 Å². The molecule has 2 heterocycles. The van der Waals surface area contributed by atoms with Gasteiger partial charge < -0.3 is 19.7 Å². The van der Waals surface area contributed by atoms with Gasteiger partial charge in [0.2, 0.25) is 5.91 Å². The van der Waals surface area contributed by atoms with Gasteiger partial charge in [0, 0.05) is 44.8 Å². The number of carbonyl (C=O) groups is 1. The average Bonchev–Trinajstić information content (AvgIpc) is 2.63. The van der Waals surface area contributed by atoms with E-state index >= 15 is 0 Å². The number of morpholine rings is 1. The molecule has 0 saturated carbocycles. The van der Waals surface area contributed by atoms with Gasteiger partial charge in [0.15, 0.2) is 0 Å². The van der Waals surface area contributed by atoms with Gasteiger partial charge in [-0.15, -0.1) is 0 Å². The molecule has 1 amide bonds. The number of nitrogens with one attached hydrogen (secondary N) is 1. The van der Waals surface area contributed by atoms with Crippen LogP contribution in [0.4, 0.5) is 0 Å². The van der Waals surface area contributed by atoms with Gasteiger partial charge in [0.05, 0.1) is 20.3 Å². The van der Waals surface area contributed by atoms with Crippen LogP contribution in [0.2, 0.25) is 0 Å². The molecule has 6 nitrogen and oxygen atoms in total. The predicted molar refractivity (Wildman–Crippen MR) is 87.5 cm³/mol. The molecule has 2 aliphatic heterocycles. The fourth-order valence-corrected chi connectivity index (χ4v) is 3.15. The van der Waals surface area contributed by atoms with Crippen molar-refractivity contribution in [2.45, 2.75) is 12.6 Å². The van der Waals surface area contributed by atoms with Crippen LogP contribution in [0.5, 0.6) is 5.75 Å². The maximum Gasteiger partial charge on any atom is 0.242 e. The molecule has 126 valence electrons. The Morgan fingerprint density at radius 2 is 2.09 bits per heavy atom. The second-order valence-corrected chi connectivity index (χ2v) is 5.99. The van der Waals surface area contributed by atoms with Crippen LogP contribution >= 0.6 is 0 Å². The summed E-state index contributed by atoms with van der Waals surface area (Å²) in [6.07, 6.45) is 0. The van der Waals surface area contributed by atoms with Crippen molar-refractivity contribution in [3.8, 4) is 5.75 Å². The van der Waals surface area contributed by atoms with Crippen molar-refractivity contribution >= 4 is 5.91 Å². The molecular weight excluding hydrogens is 294 g/mol. The Hall–Kier alpha value is -1.63. The van der Waals surface area contributed by atoms with Crippen LogP contribution < -0.4 is 10.1 Å². The number of rotatable bonds is 4. The van der Waals surface area contributed by atoms with E-state index in [1.54, 1.807) is 7.11 Å². The third-order valence-electron chi connectivity index (χ3n) is 4.49. The normalized spacial score (nSPS) is 22.8. The lowest BCUT2D eigenvalue weighted by Crippen LogP contribution is -2.57. The molecule has 6 heteroatoms. The number of carbonyl (C=O) groups excluding carboxylic acids is 1. The van der Waals surface area contributed by atoms with E-state index in [0.717, 1.165) is 45.0 Å². The van der Waals surface area contributed by atoms with Gasteiger partial charge in [-0.3, -0.25) is 9.69 Å². The lowest BCUT2D eigenvalue weighted by Gasteiger charge is -2.37. The van der Waals surface area contributed by atoms with Gasteiger partial charge in [-0.05, 0) is 6.07 Å². The highest BCUT2D eigenvalue weighted by Crippen LogP contribution is 2.20. The third kappa shape index (κ3) is 4.02. The lowest BCUT2D eigenvalue weighted by atomic mass is 10.1. The quantitative estimate of drug-likeness (QED) is 0.867. The Balaban J connectivity index is 1.51. The van der Waals surface area contributed by atoms with E-state index in [2.05, 4.69) is 16.3 Å². The molecule has 2 saturated heterocycles. The second kappa shape index (κ2) is 7.77. The van der Waals surface area contributed by atoms with Crippen molar-refractivity contribution < 1.29 is 14.3 Å². The first-order valence-corrected chi connectivity index (χ1v) is 8.22. The van der Waals surface area contributed by atoms with Crippen LogP contribution in [0.3, 0.4) is 0 Å². The van der Waals surface area contributed by atoms with Crippen LogP contribution in [0.15, 0.2) is 24.3 Å². The first-order chi connectivity index (χ1) is 11.3. The maximum atomic E-state index is 12.5. The van der Waals surface area contributed by atoms with Crippen LogP contribution in [0.25, 0.3) is 0 Å². The fraction of sp³-hybridized carbons (Fsp3) is 0.588. The van der Waals surface area contributed by atoms with E-state index in [4.69, 9.17) is 9.47 Å². The van der Waals surface area contributed by atoms with Crippen LogP contribution in [0.1, 0.15) is 5.56 Å². The Kier molecular flexibility index (Phi) is 5.48. The van der Waals surface area contributed by atoms with Crippen molar-refractivity contribution in [2.75, 3.05) is 53.0 Å². The second-order valence-electron chi connectivity index (χ2n) is 5.99. The number of ether oxygens (including phenoxy) is 2. The standard InChI is InChI=1S/C17H25N3O3/c1-22-16-5-3-2-4-14(16)12-19-7-9-20(10-8-19)17(21)15-13-23-11-6-18-15/h2-5,15,18H,6-13H2,1H3. The van der Waals surface area contributed by atoms with E-state index in [9.17, 15) is 4.79 Å². The molecule has 2 aliphatic rings. The van der Waals surface area contributed by atoms with E-state index in [0.29, 0.717) is 13.2 Å². The number of hydrogen-bond acceptors (Lipinski definition) is 5. The number of methoxy groups -OCH3 is 1. The summed E-state index contributed by atoms with van der Waals surface area (Å²) in [7, 11) is 1.70. The molecule has 1 aromatic carbocycles. The van der Waals surface area contributed by atoms with Crippen molar-refractivity contribution in [3.05, 3.63) is 29.8 Å². The minimum absolute atomic E-state index is 0.168. The Bertz CT molecular complexity index is 524. The van der Waals surface area contributed by atoms with Crippen molar-refractivity contribution in [2.24, 2.45) is 0 Å². The van der Waals surface area contributed by atoms with Gasteiger partial charge >= 0.3 is 0 Å². The summed E-state index contributed by atoms with van der Waals surface area (Å²) >= 11 is 0. The van der Waals surface area contributed by atoms with E-state index in [1.807, 2.05) is 23.1 Å².